The van der Waals surface area contributed by atoms with Crippen LogP contribution in [0, 0.1) is 35.3 Å². The van der Waals surface area contributed by atoms with Gasteiger partial charge in [0.25, 0.3) is 0 Å². The van der Waals surface area contributed by atoms with Gasteiger partial charge >= 0.3 is 0 Å². The molecule has 0 saturated heterocycles. The average molecular weight is 393 g/mol. The van der Waals surface area contributed by atoms with Crippen LogP contribution in [0.4, 0.5) is 8.78 Å². The molecule has 0 unspecified atom stereocenters. The average Bonchev–Trinajstić information content (AvgIpc) is 2.70. The van der Waals surface area contributed by atoms with Crippen LogP contribution in [0.15, 0.2) is 18.2 Å². The Morgan fingerprint density at radius 3 is 1.96 bits per heavy atom. The number of hydrogen-bond acceptors (Lipinski definition) is 0. The first-order chi connectivity index (χ1) is 13.2. The zero-order valence-electron chi connectivity index (χ0n) is 17.2. The third-order valence-electron chi connectivity index (χ3n) is 7.49. The molecule has 0 atom stereocenters. The van der Waals surface area contributed by atoms with E-state index in [1.54, 1.807) is 12.1 Å². The lowest BCUT2D eigenvalue weighted by Gasteiger charge is -2.38. The number of halogens is 2. The zero-order chi connectivity index (χ0) is 19.1. The third-order valence-corrected chi connectivity index (χ3v) is 8.70. The SMILES string of the molecule is C[SiH2]CCCC1CCC(C2CCC(CCc3ccc(F)c(F)c3)CC2)CC1. The van der Waals surface area contributed by atoms with E-state index >= 15 is 0 Å². The van der Waals surface area contributed by atoms with E-state index in [1.807, 2.05) is 0 Å². The maximum atomic E-state index is 13.3. The van der Waals surface area contributed by atoms with Crippen LogP contribution >= 0.6 is 0 Å². The summed E-state index contributed by atoms with van der Waals surface area (Å²) in [5, 5.41) is 0. The van der Waals surface area contributed by atoms with Gasteiger partial charge in [0, 0.05) is 9.52 Å². The summed E-state index contributed by atoms with van der Waals surface area (Å²) in [5.41, 5.74) is 0.945. The molecule has 2 saturated carbocycles. The van der Waals surface area contributed by atoms with Crippen molar-refractivity contribution < 1.29 is 8.78 Å². The second-order valence-electron chi connectivity index (χ2n) is 9.34. The van der Waals surface area contributed by atoms with Crippen molar-refractivity contribution in [3.63, 3.8) is 0 Å². The highest BCUT2D eigenvalue weighted by molar-refractivity contribution is 6.33. The van der Waals surface area contributed by atoms with Gasteiger partial charge in [0.1, 0.15) is 0 Å². The first kappa shape index (κ1) is 21.0. The Morgan fingerprint density at radius 2 is 1.41 bits per heavy atom. The fourth-order valence-corrected chi connectivity index (χ4v) is 6.43. The lowest BCUT2D eigenvalue weighted by molar-refractivity contribution is 0.141. The summed E-state index contributed by atoms with van der Waals surface area (Å²) in [6, 6.07) is 5.93. The van der Waals surface area contributed by atoms with E-state index in [2.05, 4.69) is 6.55 Å². The summed E-state index contributed by atoms with van der Waals surface area (Å²) < 4.78 is 26.4. The molecule has 0 radical (unpaired) electrons. The van der Waals surface area contributed by atoms with E-state index in [9.17, 15) is 8.78 Å². The van der Waals surface area contributed by atoms with Crippen LogP contribution < -0.4 is 0 Å². The van der Waals surface area contributed by atoms with Gasteiger partial charge < -0.3 is 0 Å². The highest BCUT2D eigenvalue weighted by Gasteiger charge is 2.30. The summed E-state index contributed by atoms with van der Waals surface area (Å²) in [6.07, 6.45) is 16.5. The molecule has 1 aromatic rings. The van der Waals surface area contributed by atoms with Crippen LogP contribution in [-0.4, -0.2) is 9.52 Å². The van der Waals surface area contributed by atoms with E-state index in [0.717, 1.165) is 42.1 Å². The van der Waals surface area contributed by atoms with Gasteiger partial charge in [0.15, 0.2) is 11.6 Å². The summed E-state index contributed by atoms with van der Waals surface area (Å²) >= 11 is 0. The molecule has 3 rings (SSSR count). The van der Waals surface area contributed by atoms with Gasteiger partial charge in [0.2, 0.25) is 0 Å². The molecule has 1 aromatic carbocycles. The fourth-order valence-electron chi connectivity index (χ4n) is 5.65. The van der Waals surface area contributed by atoms with Crippen molar-refractivity contribution in [2.24, 2.45) is 23.7 Å². The van der Waals surface area contributed by atoms with E-state index in [1.165, 1.54) is 76.3 Å². The standard InChI is InChI=1S/C24H38F2Si/c1-27-16-2-3-18-6-11-21(12-7-18)22-13-8-19(9-14-22)4-5-20-10-15-23(25)24(26)17-20/h10,15,17-19,21-22H,2-9,11-14,16,27H2,1H3. The van der Waals surface area contributed by atoms with Crippen LogP contribution in [0.1, 0.15) is 76.2 Å². The van der Waals surface area contributed by atoms with Crippen molar-refractivity contribution in [2.75, 3.05) is 0 Å². The first-order valence-corrected chi connectivity index (χ1v) is 14.0. The van der Waals surface area contributed by atoms with Gasteiger partial charge in [-0.1, -0.05) is 57.2 Å². The minimum atomic E-state index is -0.735. The lowest BCUT2D eigenvalue weighted by Crippen LogP contribution is -2.26. The molecule has 27 heavy (non-hydrogen) atoms. The largest absolute Gasteiger partial charge is 0.204 e. The van der Waals surface area contributed by atoms with Gasteiger partial charge in [-0.05, 0) is 79.9 Å². The zero-order valence-corrected chi connectivity index (χ0v) is 18.6. The number of hydrogen-bond donors (Lipinski definition) is 0. The topological polar surface area (TPSA) is 0 Å². The van der Waals surface area contributed by atoms with E-state index in [4.69, 9.17) is 0 Å². The molecule has 0 aromatic heterocycles. The molecular weight excluding hydrogens is 354 g/mol. The number of rotatable bonds is 8. The minimum Gasteiger partial charge on any atom is -0.204 e. The smallest absolute Gasteiger partial charge is 0.159 e. The molecule has 2 aliphatic rings. The first-order valence-electron chi connectivity index (χ1n) is 11.6. The van der Waals surface area contributed by atoms with Gasteiger partial charge in [0.05, 0.1) is 0 Å². The molecule has 0 N–H and O–H groups in total. The normalized spacial score (nSPS) is 29.4. The second kappa shape index (κ2) is 10.7. The van der Waals surface area contributed by atoms with Crippen LogP contribution in [0.5, 0.6) is 0 Å². The molecule has 0 aliphatic heterocycles. The molecule has 152 valence electrons. The van der Waals surface area contributed by atoms with Gasteiger partial charge in [-0.25, -0.2) is 8.78 Å². The predicted molar refractivity (Wildman–Crippen MR) is 114 cm³/mol. The minimum absolute atomic E-state index is 0.275. The monoisotopic (exact) mass is 392 g/mol. The van der Waals surface area contributed by atoms with Crippen LogP contribution in [0.2, 0.25) is 12.6 Å². The third kappa shape index (κ3) is 6.41. The van der Waals surface area contributed by atoms with Crippen molar-refractivity contribution in [3.05, 3.63) is 35.4 Å². The Bertz CT molecular complexity index is 557. The Labute approximate surface area is 167 Å². The molecule has 0 bridgehead atoms. The van der Waals surface area contributed by atoms with Crippen molar-refractivity contribution in [1.29, 1.82) is 0 Å². The molecule has 0 spiro atoms. The maximum Gasteiger partial charge on any atom is 0.159 e. The Balaban J connectivity index is 1.34. The Morgan fingerprint density at radius 1 is 0.815 bits per heavy atom. The molecule has 2 aliphatic carbocycles. The summed E-state index contributed by atoms with van der Waals surface area (Å²) in [5.74, 6) is 2.34. The van der Waals surface area contributed by atoms with Crippen LogP contribution in [0.25, 0.3) is 0 Å². The number of aryl methyl sites for hydroxylation is 1. The molecule has 2 fully saturated rings. The highest BCUT2D eigenvalue weighted by atomic mass is 28.2. The van der Waals surface area contributed by atoms with Crippen molar-refractivity contribution in [3.8, 4) is 0 Å². The predicted octanol–water partition coefficient (Wildman–Crippen LogP) is 6.93. The molecule has 0 heterocycles. The summed E-state index contributed by atoms with van der Waals surface area (Å²) in [6.45, 7) is 2.44. The molecule has 3 heteroatoms. The lowest BCUT2D eigenvalue weighted by atomic mass is 9.68. The van der Waals surface area contributed by atoms with Gasteiger partial charge in [-0.15, -0.1) is 0 Å². The summed E-state index contributed by atoms with van der Waals surface area (Å²) in [4.78, 5) is 0. The number of benzene rings is 1. The maximum absolute atomic E-state index is 13.3. The van der Waals surface area contributed by atoms with Crippen molar-refractivity contribution in [1.82, 2.24) is 0 Å². The van der Waals surface area contributed by atoms with Gasteiger partial charge in [-0.3, -0.25) is 0 Å². The van der Waals surface area contributed by atoms with Crippen molar-refractivity contribution in [2.45, 2.75) is 89.6 Å². The van der Waals surface area contributed by atoms with Crippen LogP contribution in [-0.2, 0) is 6.42 Å². The van der Waals surface area contributed by atoms with Gasteiger partial charge in [-0.2, -0.15) is 0 Å². The van der Waals surface area contributed by atoms with Crippen molar-refractivity contribution >= 4 is 9.52 Å². The van der Waals surface area contributed by atoms with E-state index in [0.29, 0.717) is 0 Å². The van der Waals surface area contributed by atoms with E-state index < -0.39 is 11.6 Å². The quantitative estimate of drug-likeness (QED) is 0.332. The molecular formula is C24H38F2Si. The highest BCUT2D eigenvalue weighted by Crippen LogP contribution is 2.43. The molecule has 0 amide bonds. The Kier molecular flexibility index (Phi) is 8.36. The van der Waals surface area contributed by atoms with E-state index in [-0.39, 0.29) is 9.52 Å². The van der Waals surface area contributed by atoms with Crippen LogP contribution in [0.3, 0.4) is 0 Å². The second-order valence-corrected chi connectivity index (χ2v) is 11.1. The fraction of sp³-hybridized carbons (Fsp3) is 0.750. The molecule has 0 nitrogen and oxygen atoms in total. The summed E-state index contributed by atoms with van der Waals surface area (Å²) in [7, 11) is 0.275. The Hall–Kier alpha value is -0.703.